The standard InChI is InChI=1S/C22H21F3N4O2S/c1-29-14-26-28-20(29)32-18-7-5-17(6-8-18)27-19(30)21(9-11-31-12-10-21)15-3-2-4-16(13-15)22(23,24)25/h2-8,13-14H,9-12H2,1H3,(H,27,30). The molecule has 1 aliphatic heterocycles. The highest BCUT2D eigenvalue weighted by Crippen LogP contribution is 2.39. The second-order valence-corrected chi connectivity index (χ2v) is 8.62. The van der Waals surface area contributed by atoms with Crippen molar-refractivity contribution < 1.29 is 22.7 Å². The van der Waals surface area contributed by atoms with Crippen molar-refractivity contribution in [2.75, 3.05) is 18.5 Å². The lowest BCUT2D eigenvalue weighted by Gasteiger charge is -2.36. The largest absolute Gasteiger partial charge is 0.416 e. The van der Waals surface area contributed by atoms with E-state index in [9.17, 15) is 18.0 Å². The number of aryl methyl sites for hydroxylation is 1. The first-order chi connectivity index (χ1) is 15.3. The molecule has 2 heterocycles. The van der Waals surface area contributed by atoms with Gasteiger partial charge in [-0.15, -0.1) is 10.2 Å². The van der Waals surface area contributed by atoms with E-state index in [0.717, 1.165) is 22.2 Å². The SMILES string of the molecule is Cn1cnnc1Sc1ccc(NC(=O)C2(c3cccc(C(F)(F)F)c3)CCOCC2)cc1. The number of aromatic nitrogens is 3. The Bertz CT molecular complexity index is 1090. The van der Waals surface area contributed by atoms with Crippen LogP contribution < -0.4 is 5.32 Å². The van der Waals surface area contributed by atoms with Gasteiger partial charge in [-0.2, -0.15) is 13.2 Å². The summed E-state index contributed by atoms with van der Waals surface area (Å²) in [6.45, 7) is 0.605. The van der Waals surface area contributed by atoms with Crippen LogP contribution in [0.2, 0.25) is 0 Å². The average molecular weight is 462 g/mol. The number of carbonyl (C=O) groups excluding carboxylic acids is 1. The van der Waals surface area contributed by atoms with E-state index < -0.39 is 17.2 Å². The quantitative estimate of drug-likeness (QED) is 0.597. The van der Waals surface area contributed by atoms with Gasteiger partial charge in [0.05, 0.1) is 11.0 Å². The monoisotopic (exact) mass is 462 g/mol. The number of carbonyl (C=O) groups is 1. The Labute approximate surface area is 187 Å². The van der Waals surface area contributed by atoms with Crippen molar-refractivity contribution in [2.24, 2.45) is 7.05 Å². The molecule has 168 valence electrons. The molecule has 1 N–H and O–H groups in total. The maximum atomic E-state index is 13.4. The molecule has 32 heavy (non-hydrogen) atoms. The molecule has 3 aromatic rings. The van der Waals surface area contributed by atoms with E-state index in [0.29, 0.717) is 37.3 Å². The number of hydrogen-bond acceptors (Lipinski definition) is 5. The summed E-state index contributed by atoms with van der Waals surface area (Å²) < 4.78 is 47.0. The Kier molecular flexibility index (Phi) is 6.25. The lowest BCUT2D eigenvalue weighted by atomic mass is 9.73. The fraction of sp³-hybridized carbons (Fsp3) is 0.318. The van der Waals surface area contributed by atoms with E-state index in [2.05, 4.69) is 15.5 Å². The summed E-state index contributed by atoms with van der Waals surface area (Å²) in [7, 11) is 1.85. The van der Waals surface area contributed by atoms with Crippen LogP contribution in [-0.2, 0) is 28.2 Å². The summed E-state index contributed by atoms with van der Waals surface area (Å²) in [6.07, 6.45) is -2.26. The minimum Gasteiger partial charge on any atom is -0.381 e. The minimum absolute atomic E-state index is 0.303. The summed E-state index contributed by atoms with van der Waals surface area (Å²) in [5, 5.41) is 11.5. The van der Waals surface area contributed by atoms with Crippen molar-refractivity contribution in [3.05, 3.63) is 66.0 Å². The van der Waals surface area contributed by atoms with Gasteiger partial charge in [0.1, 0.15) is 6.33 Å². The summed E-state index contributed by atoms with van der Waals surface area (Å²) >= 11 is 1.43. The van der Waals surface area contributed by atoms with Gasteiger partial charge in [0.2, 0.25) is 5.91 Å². The number of amides is 1. The zero-order chi connectivity index (χ0) is 22.8. The third-order valence-electron chi connectivity index (χ3n) is 5.51. The van der Waals surface area contributed by atoms with Crippen molar-refractivity contribution >= 4 is 23.4 Å². The van der Waals surface area contributed by atoms with Gasteiger partial charge in [0.25, 0.3) is 0 Å². The highest BCUT2D eigenvalue weighted by atomic mass is 32.2. The van der Waals surface area contributed by atoms with Gasteiger partial charge in [-0.1, -0.05) is 18.2 Å². The first kappa shape index (κ1) is 22.3. The topological polar surface area (TPSA) is 69.0 Å². The van der Waals surface area contributed by atoms with Crippen molar-refractivity contribution in [1.82, 2.24) is 14.8 Å². The number of nitrogens with zero attached hydrogens (tertiary/aromatic N) is 3. The molecule has 4 rings (SSSR count). The van der Waals surface area contributed by atoms with E-state index in [1.807, 2.05) is 19.2 Å². The van der Waals surface area contributed by atoms with Crippen molar-refractivity contribution in [3.63, 3.8) is 0 Å². The van der Waals surface area contributed by atoms with Gasteiger partial charge in [-0.25, -0.2) is 0 Å². The normalized spacial score (nSPS) is 16.0. The van der Waals surface area contributed by atoms with E-state index in [-0.39, 0.29) is 5.91 Å². The second kappa shape index (κ2) is 8.95. The number of halogens is 3. The van der Waals surface area contributed by atoms with Gasteiger partial charge in [-0.05, 0) is 60.5 Å². The maximum Gasteiger partial charge on any atom is 0.416 e. The number of ether oxygens (including phenoxy) is 1. The van der Waals surface area contributed by atoms with Crippen LogP contribution >= 0.6 is 11.8 Å². The molecule has 0 spiro atoms. The summed E-state index contributed by atoms with van der Waals surface area (Å²) in [5.74, 6) is -0.339. The highest BCUT2D eigenvalue weighted by molar-refractivity contribution is 7.99. The molecule has 0 atom stereocenters. The molecule has 0 bridgehead atoms. The predicted molar refractivity (Wildman–Crippen MR) is 113 cm³/mol. The van der Waals surface area contributed by atoms with Crippen LogP contribution in [0.1, 0.15) is 24.0 Å². The molecule has 2 aromatic carbocycles. The number of hydrogen-bond donors (Lipinski definition) is 1. The number of benzene rings is 2. The Hall–Kier alpha value is -2.85. The lowest BCUT2D eigenvalue weighted by Crippen LogP contribution is -2.45. The molecular formula is C22H21F3N4O2S. The average Bonchev–Trinajstić information content (AvgIpc) is 3.19. The molecule has 1 aliphatic rings. The van der Waals surface area contributed by atoms with Crippen LogP contribution in [0, 0.1) is 0 Å². The predicted octanol–water partition coefficient (Wildman–Crippen LogP) is 4.67. The smallest absolute Gasteiger partial charge is 0.381 e. The summed E-state index contributed by atoms with van der Waals surface area (Å²) in [4.78, 5) is 14.3. The molecular weight excluding hydrogens is 441 g/mol. The number of alkyl halides is 3. The molecule has 0 unspecified atom stereocenters. The zero-order valence-corrected chi connectivity index (χ0v) is 18.0. The Morgan fingerprint density at radius 3 is 2.50 bits per heavy atom. The van der Waals surface area contributed by atoms with Crippen LogP contribution in [-0.4, -0.2) is 33.9 Å². The van der Waals surface area contributed by atoms with Crippen molar-refractivity contribution in [1.29, 1.82) is 0 Å². The molecule has 10 heteroatoms. The van der Waals surface area contributed by atoms with Crippen LogP contribution in [0.15, 0.2) is 64.9 Å². The van der Waals surface area contributed by atoms with Gasteiger partial charge < -0.3 is 14.6 Å². The van der Waals surface area contributed by atoms with E-state index in [4.69, 9.17) is 4.74 Å². The molecule has 0 aliphatic carbocycles. The maximum absolute atomic E-state index is 13.4. The number of nitrogens with one attached hydrogen (secondary N) is 1. The Morgan fingerprint density at radius 2 is 1.88 bits per heavy atom. The van der Waals surface area contributed by atoms with Gasteiger partial charge in [0.15, 0.2) is 5.16 Å². The van der Waals surface area contributed by atoms with Crippen LogP contribution in [0.25, 0.3) is 0 Å². The van der Waals surface area contributed by atoms with Crippen LogP contribution in [0.3, 0.4) is 0 Å². The summed E-state index contributed by atoms with van der Waals surface area (Å²) in [5.41, 5.74) is -0.942. The highest BCUT2D eigenvalue weighted by Gasteiger charge is 2.43. The Balaban J connectivity index is 1.56. The molecule has 6 nitrogen and oxygen atoms in total. The molecule has 0 radical (unpaired) electrons. The van der Waals surface area contributed by atoms with E-state index in [1.165, 1.54) is 17.8 Å². The van der Waals surface area contributed by atoms with E-state index >= 15 is 0 Å². The lowest BCUT2D eigenvalue weighted by molar-refractivity contribution is -0.138. The molecule has 1 fully saturated rings. The zero-order valence-electron chi connectivity index (χ0n) is 17.2. The fourth-order valence-corrected chi connectivity index (χ4v) is 4.45. The van der Waals surface area contributed by atoms with E-state index in [1.54, 1.807) is 29.1 Å². The molecule has 0 saturated carbocycles. The van der Waals surface area contributed by atoms with Gasteiger partial charge in [-0.3, -0.25) is 4.79 Å². The molecule has 1 amide bonds. The summed E-state index contributed by atoms with van der Waals surface area (Å²) in [6, 6.07) is 12.2. The Morgan fingerprint density at radius 1 is 1.16 bits per heavy atom. The third-order valence-corrected chi connectivity index (χ3v) is 6.57. The number of anilines is 1. The number of rotatable bonds is 5. The molecule has 1 saturated heterocycles. The van der Waals surface area contributed by atoms with Gasteiger partial charge >= 0.3 is 6.18 Å². The third kappa shape index (κ3) is 4.66. The van der Waals surface area contributed by atoms with Crippen molar-refractivity contribution in [2.45, 2.75) is 34.5 Å². The fourth-order valence-electron chi connectivity index (χ4n) is 3.69. The van der Waals surface area contributed by atoms with Crippen LogP contribution in [0.4, 0.5) is 18.9 Å². The second-order valence-electron chi connectivity index (χ2n) is 7.58. The van der Waals surface area contributed by atoms with Crippen molar-refractivity contribution in [3.8, 4) is 0 Å². The first-order valence-corrected chi connectivity index (χ1v) is 10.8. The molecule has 1 aromatic heterocycles. The first-order valence-electron chi connectivity index (χ1n) is 9.97. The van der Waals surface area contributed by atoms with Crippen LogP contribution in [0.5, 0.6) is 0 Å². The minimum atomic E-state index is -4.48. The van der Waals surface area contributed by atoms with Gasteiger partial charge in [0, 0.05) is 30.8 Å².